The van der Waals surface area contributed by atoms with Crippen molar-refractivity contribution in [1.29, 1.82) is 0 Å². The molecule has 2 heterocycles. The maximum absolute atomic E-state index is 13.0. The summed E-state index contributed by atoms with van der Waals surface area (Å²) in [5, 5.41) is 5.58. The largest absolute Gasteiger partial charge is 0.384 e. The molecule has 1 aliphatic carbocycles. The number of hydrogen-bond donors (Lipinski definition) is 1. The second kappa shape index (κ2) is 6.78. The van der Waals surface area contributed by atoms with Gasteiger partial charge in [0.1, 0.15) is 0 Å². The van der Waals surface area contributed by atoms with Crippen LogP contribution in [0, 0.1) is 0 Å². The number of nitrogens with zero attached hydrogens (tertiary/aromatic N) is 2. The summed E-state index contributed by atoms with van der Waals surface area (Å²) in [6, 6.07) is 13.9. The molecular weight excluding hydrogens is 334 g/mol. The Morgan fingerprint density at radius 1 is 0.963 bits per heavy atom. The normalized spacial score (nSPS) is 16.4. The first-order chi connectivity index (χ1) is 13.3. The van der Waals surface area contributed by atoms with Crippen molar-refractivity contribution >= 4 is 22.2 Å². The zero-order valence-corrected chi connectivity index (χ0v) is 15.4. The van der Waals surface area contributed by atoms with Crippen molar-refractivity contribution in [3.8, 4) is 11.3 Å². The monoisotopic (exact) mass is 357 g/mol. The van der Waals surface area contributed by atoms with Crippen molar-refractivity contribution in [2.24, 2.45) is 0 Å². The fraction of sp³-hybridized carbons (Fsp3) is 0.304. The lowest BCUT2D eigenvalue weighted by molar-refractivity contribution is 0.104. The van der Waals surface area contributed by atoms with Gasteiger partial charge in [-0.25, -0.2) is 0 Å². The highest BCUT2D eigenvalue weighted by Gasteiger charge is 2.26. The average molecular weight is 357 g/mol. The Morgan fingerprint density at radius 3 is 2.74 bits per heavy atom. The Hall–Kier alpha value is -2.72. The molecule has 4 nitrogen and oxygen atoms in total. The van der Waals surface area contributed by atoms with Crippen molar-refractivity contribution in [2.75, 3.05) is 31.5 Å². The SMILES string of the molecule is O=C1c2ccc(NCCN3CCCCC3)cc2-c2nccc3cccc1c23. The van der Waals surface area contributed by atoms with E-state index in [1.807, 2.05) is 42.6 Å². The number of hydrogen-bond acceptors (Lipinski definition) is 4. The van der Waals surface area contributed by atoms with E-state index in [4.69, 9.17) is 0 Å². The zero-order valence-electron chi connectivity index (χ0n) is 15.4. The maximum Gasteiger partial charge on any atom is 0.194 e. The summed E-state index contributed by atoms with van der Waals surface area (Å²) in [7, 11) is 0. The van der Waals surface area contributed by atoms with E-state index < -0.39 is 0 Å². The molecule has 2 aromatic carbocycles. The number of carbonyl (C=O) groups is 1. The molecule has 2 aliphatic rings. The minimum absolute atomic E-state index is 0.0935. The molecular formula is C23H23N3O. The van der Waals surface area contributed by atoms with Gasteiger partial charge in [0.2, 0.25) is 0 Å². The Bertz CT molecular complexity index is 1020. The number of likely N-dealkylation sites (tertiary alicyclic amines) is 1. The molecule has 0 unspecified atom stereocenters. The van der Waals surface area contributed by atoms with Gasteiger partial charge in [-0.05, 0) is 55.6 Å². The molecule has 136 valence electrons. The van der Waals surface area contributed by atoms with Gasteiger partial charge in [-0.3, -0.25) is 9.78 Å². The van der Waals surface area contributed by atoms with Gasteiger partial charge in [-0.2, -0.15) is 0 Å². The first kappa shape index (κ1) is 16.5. The lowest BCUT2D eigenvalue weighted by atomic mass is 9.85. The number of nitrogens with one attached hydrogen (secondary N) is 1. The van der Waals surface area contributed by atoms with Gasteiger partial charge in [0.15, 0.2) is 5.78 Å². The number of benzene rings is 2. The highest BCUT2D eigenvalue weighted by atomic mass is 16.1. The second-order valence-corrected chi connectivity index (χ2v) is 7.48. The maximum atomic E-state index is 13.0. The van der Waals surface area contributed by atoms with Crippen LogP contribution in [0.2, 0.25) is 0 Å². The number of ketones is 1. The molecule has 1 N–H and O–H groups in total. The van der Waals surface area contributed by atoms with Crippen molar-refractivity contribution < 1.29 is 4.79 Å². The third kappa shape index (κ3) is 2.90. The Morgan fingerprint density at radius 2 is 1.85 bits per heavy atom. The Kier molecular flexibility index (Phi) is 4.13. The van der Waals surface area contributed by atoms with Gasteiger partial charge in [0.25, 0.3) is 0 Å². The molecule has 0 spiro atoms. The molecule has 0 bridgehead atoms. The minimum atomic E-state index is 0.0935. The van der Waals surface area contributed by atoms with Gasteiger partial charge >= 0.3 is 0 Å². The summed E-state index contributed by atoms with van der Waals surface area (Å²) < 4.78 is 0. The lowest BCUT2D eigenvalue weighted by Gasteiger charge is -2.26. The summed E-state index contributed by atoms with van der Waals surface area (Å²) in [5.74, 6) is 0.0935. The van der Waals surface area contributed by atoms with Crippen molar-refractivity contribution in [3.63, 3.8) is 0 Å². The minimum Gasteiger partial charge on any atom is -0.384 e. The molecule has 0 radical (unpaired) electrons. The van der Waals surface area contributed by atoms with Gasteiger partial charge < -0.3 is 10.2 Å². The molecule has 0 saturated carbocycles. The molecule has 1 fully saturated rings. The molecule has 0 atom stereocenters. The van der Waals surface area contributed by atoms with Crippen molar-refractivity contribution in [2.45, 2.75) is 19.3 Å². The lowest BCUT2D eigenvalue weighted by Crippen LogP contribution is -2.33. The molecule has 0 amide bonds. The van der Waals surface area contributed by atoms with E-state index in [0.717, 1.165) is 51.9 Å². The van der Waals surface area contributed by atoms with Gasteiger partial charge in [0, 0.05) is 47.1 Å². The summed E-state index contributed by atoms with van der Waals surface area (Å²) >= 11 is 0. The fourth-order valence-corrected chi connectivity index (χ4v) is 4.36. The molecule has 4 heteroatoms. The van der Waals surface area contributed by atoms with Gasteiger partial charge in [-0.15, -0.1) is 0 Å². The number of pyridine rings is 1. The number of anilines is 1. The van der Waals surface area contributed by atoms with Crippen LogP contribution in [0.3, 0.4) is 0 Å². The van der Waals surface area contributed by atoms with Crippen LogP contribution in [-0.2, 0) is 0 Å². The van der Waals surface area contributed by atoms with Gasteiger partial charge in [0.05, 0.1) is 5.69 Å². The van der Waals surface area contributed by atoms with Crippen LogP contribution in [-0.4, -0.2) is 41.8 Å². The van der Waals surface area contributed by atoms with E-state index in [9.17, 15) is 4.79 Å². The smallest absolute Gasteiger partial charge is 0.194 e. The first-order valence-electron chi connectivity index (χ1n) is 9.84. The van der Waals surface area contributed by atoms with Crippen LogP contribution in [0.15, 0.2) is 48.7 Å². The highest BCUT2D eigenvalue weighted by molar-refractivity contribution is 6.25. The highest BCUT2D eigenvalue weighted by Crippen LogP contribution is 2.38. The van der Waals surface area contributed by atoms with E-state index >= 15 is 0 Å². The number of fused-ring (bicyclic) bond motifs is 2. The van der Waals surface area contributed by atoms with Crippen LogP contribution in [0.4, 0.5) is 5.69 Å². The Balaban J connectivity index is 1.44. The molecule has 27 heavy (non-hydrogen) atoms. The molecule has 3 aromatic rings. The third-order valence-corrected chi connectivity index (χ3v) is 5.76. The summed E-state index contributed by atoms with van der Waals surface area (Å²) in [5.41, 5.74) is 4.41. The average Bonchev–Trinajstić information content (AvgIpc) is 2.72. The zero-order chi connectivity index (χ0) is 18.2. The van der Waals surface area contributed by atoms with Crippen LogP contribution in [0.5, 0.6) is 0 Å². The van der Waals surface area contributed by atoms with Crippen molar-refractivity contribution in [1.82, 2.24) is 9.88 Å². The predicted molar refractivity (Wildman–Crippen MR) is 109 cm³/mol. The number of piperidine rings is 1. The quantitative estimate of drug-likeness (QED) is 0.590. The molecule has 1 aromatic heterocycles. The van der Waals surface area contributed by atoms with E-state index in [-0.39, 0.29) is 5.78 Å². The van der Waals surface area contributed by atoms with Crippen molar-refractivity contribution in [3.05, 3.63) is 59.8 Å². The number of carbonyl (C=O) groups excluding carboxylic acids is 1. The summed E-state index contributed by atoms with van der Waals surface area (Å²) in [6.07, 6.45) is 5.83. The number of aromatic nitrogens is 1. The van der Waals surface area contributed by atoms with E-state index in [2.05, 4.69) is 21.3 Å². The Labute approximate surface area is 159 Å². The van der Waals surface area contributed by atoms with Crippen LogP contribution < -0.4 is 5.32 Å². The fourth-order valence-electron chi connectivity index (χ4n) is 4.36. The standard InChI is InChI=1S/C23H23N3O/c27-23-18-8-7-17(24-11-14-26-12-2-1-3-13-26)15-20(18)22-21-16(9-10-25-22)5-4-6-19(21)23/h4-10,15,24H,1-3,11-14H2. The van der Waals surface area contributed by atoms with E-state index in [1.54, 1.807) is 0 Å². The third-order valence-electron chi connectivity index (χ3n) is 5.76. The van der Waals surface area contributed by atoms with Gasteiger partial charge in [-0.1, -0.05) is 24.6 Å². The number of rotatable bonds is 4. The molecule has 1 aliphatic heterocycles. The van der Waals surface area contributed by atoms with Crippen LogP contribution >= 0.6 is 0 Å². The molecule has 1 saturated heterocycles. The summed E-state index contributed by atoms with van der Waals surface area (Å²) in [6.45, 7) is 4.40. The molecule has 5 rings (SSSR count). The second-order valence-electron chi connectivity index (χ2n) is 7.48. The summed E-state index contributed by atoms with van der Waals surface area (Å²) in [4.78, 5) is 20.1. The van der Waals surface area contributed by atoms with Crippen LogP contribution in [0.1, 0.15) is 35.2 Å². The predicted octanol–water partition coefficient (Wildman–Crippen LogP) is 4.34. The van der Waals surface area contributed by atoms with E-state index in [0.29, 0.717) is 0 Å². The topological polar surface area (TPSA) is 45.2 Å². The van der Waals surface area contributed by atoms with E-state index in [1.165, 1.54) is 32.4 Å². The first-order valence-corrected chi connectivity index (χ1v) is 9.84. The van der Waals surface area contributed by atoms with Crippen LogP contribution in [0.25, 0.3) is 22.0 Å².